The Bertz CT molecular complexity index is 1040. The van der Waals surface area contributed by atoms with E-state index in [4.69, 9.17) is 0 Å². The molecule has 170 valence electrons. The van der Waals surface area contributed by atoms with Crippen LogP contribution in [-0.2, 0) is 21.3 Å². The molecule has 2 heterocycles. The van der Waals surface area contributed by atoms with Crippen LogP contribution in [0.2, 0.25) is 0 Å². The van der Waals surface area contributed by atoms with Gasteiger partial charge < -0.3 is 4.57 Å². The van der Waals surface area contributed by atoms with Gasteiger partial charge in [-0.2, -0.15) is 4.31 Å². The lowest BCUT2D eigenvalue weighted by Crippen LogP contribution is -2.50. The molecule has 0 bridgehead atoms. The van der Waals surface area contributed by atoms with E-state index < -0.39 is 10.0 Å². The minimum absolute atomic E-state index is 0.0188. The van der Waals surface area contributed by atoms with Gasteiger partial charge in [0, 0.05) is 48.7 Å². The van der Waals surface area contributed by atoms with Crippen molar-refractivity contribution in [2.75, 3.05) is 32.7 Å². The number of ketones is 1. The van der Waals surface area contributed by atoms with Crippen molar-refractivity contribution in [2.24, 2.45) is 0 Å². The van der Waals surface area contributed by atoms with Crippen LogP contribution in [0.15, 0.2) is 30.3 Å². The Balaban J connectivity index is 1.60. The maximum atomic E-state index is 13.0. The number of hydrogen-bond acceptors (Lipinski definition) is 4. The Labute approximate surface area is 186 Å². The predicted molar refractivity (Wildman–Crippen MR) is 125 cm³/mol. The molecule has 1 aliphatic heterocycles. The lowest BCUT2D eigenvalue weighted by atomic mass is 10.1. The molecule has 1 aliphatic rings. The first-order valence-electron chi connectivity index (χ1n) is 10.9. The number of carbonyl (C=O) groups is 1. The van der Waals surface area contributed by atoms with Gasteiger partial charge in [0.25, 0.3) is 0 Å². The van der Waals surface area contributed by atoms with Crippen molar-refractivity contribution in [3.8, 4) is 0 Å². The molecule has 1 aromatic carbocycles. The molecule has 2 aromatic rings. The number of carbonyl (C=O) groups excluding carboxylic acids is 1. The summed E-state index contributed by atoms with van der Waals surface area (Å²) in [7, 11) is -3.36. The summed E-state index contributed by atoms with van der Waals surface area (Å²) in [5, 5.41) is 0. The van der Waals surface area contributed by atoms with Crippen LogP contribution in [0.25, 0.3) is 0 Å². The summed E-state index contributed by atoms with van der Waals surface area (Å²) in [6.07, 6.45) is 0. The molecule has 0 spiro atoms. The molecule has 0 N–H and O–H groups in total. The van der Waals surface area contributed by atoms with Crippen LogP contribution in [0.3, 0.4) is 0 Å². The third-order valence-electron chi connectivity index (χ3n) is 5.96. The second kappa shape index (κ2) is 8.88. The third-order valence-corrected chi connectivity index (χ3v) is 7.81. The molecule has 7 heteroatoms. The van der Waals surface area contributed by atoms with Gasteiger partial charge in [0.05, 0.1) is 12.3 Å². The van der Waals surface area contributed by atoms with Gasteiger partial charge in [-0.05, 0) is 53.2 Å². The number of piperazine rings is 1. The zero-order valence-corrected chi connectivity index (χ0v) is 20.4. The standard InChI is InChI=1S/C24H35N3O3S/c1-18-7-9-21(10-8-18)17-31(29,30)26-13-11-25(12-14-26)16-23(28)22-15-19(2)27(20(22)3)24(4,5)6/h7-10,15H,11-14,16-17H2,1-6H3. The molecule has 3 rings (SSSR count). The van der Waals surface area contributed by atoms with Gasteiger partial charge in [-0.25, -0.2) is 8.42 Å². The zero-order valence-electron chi connectivity index (χ0n) is 19.6. The van der Waals surface area contributed by atoms with Gasteiger partial charge in [0.1, 0.15) is 0 Å². The van der Waals surface area contributed by atoms with E-state index in [1.54, 1.807) is 4.31 Å². The number of sulfonamides is 1. The van der Waals surface area contributed by atoms with Crippen molar-refractivity contribution in [1.29, 1.82) is 0 Å². The maximum Gasteiger partial charge on any atom is 0.218 e. The molecule has 1 saturated heterocycles. The Kier molecular flexibility index (Phi) is 6.79. The van der Waals surface area contributed by atoms with Gasteiger partial charge >= 0.3 is 0 Å². The predicted octanol–water partition coefficient (Wildman–Crippen LogP) is 3.50. The van der Waals surface area contributed by atoms with Crippen LogP contribution in [-0.4, -0.2) is 60.7 Å². The average Bonchev–Trinajstić information content (AvgIpc) is 2.98. The number of hydrogen-bond donors (Lipinski definition) is 0. The van der Waals surface area contributed by atoms with E-state index >= 15 is 0 Å². The van der Waals surface area contributed by atoms with Gasteiger partial charge in [0.2, 0.25) is 10.0 Å². The largest absolute Gasteiger partial charge is 0.343 e. The highest BCUT2D eigenvalue weighted by molar-refractivity contribution is 7.88. The quantitative estimate of drug-likeness (QED) is 0.639. The van der Waals surface area contributed by atoms with Crippen molar-refractivity contribution in [2.45, 2.75) is 52.8 Å². The highest BCUT2D eigenvalue weighted by Crippen LogP contribution is 2.25. The van der Waals surface area contributed by atoms with Crippen LogP contribution < -0.4 is 0 Å². The van der Waals surface area contributed by atoms with E-state index in [1.807, 2.05) is 51.1 Å². The summed E-state index contributed by atoms with van der Waals surface area (Å²) < 4.78 is 29.4. The summed E-state index contributed by atoms with van der Waals surface area (Å²) in [6.45, 7) is 14.7. The summed E-state index contributed by atoms with van der Waals surface area (Å²) in [6, 6.07) is 9.59. The molecule has 6 nitrogen and oxygen atoms in total. The highest BCUT2D eigenvalue weighted by atomic mass is 32.2. The number of aromatic nitrogens is 1. The van der Waals surface area contributed by atoms with Crippen molar-refractivity contribution in [3.05, 3.63) is 58.4 Å². The Hall–Kier alpha value is -1.96. The van der Waals surface area contributed by atoms with Crippen LogP contribution in [0.1, 0.15) is 53.6 Å². The molecule has 1 aromatic heterocycles. The molecule has 0 saturated carbocycles. The summed E-state index contributed by atoms with van der Waals surface area (Å²) >= 11 is 0. The first-order chi connectivity index (χ1) is 14.4. The fraction of sp³-hybridized carbons (Fsp3) is 0.542. The summed E-state index contributed by atoms with van der Waals surface area (Å²) in [5.74, 6) is 0.116. The van der Waals surface area contributed by atoms with Crippen LogP contribution in [0, 0.1) is 20.8 Å². The van der Waals surface area contributed by atoms with E-state index in [0.29, 0.717) is 32.7 Å². The summed E-state index contributed by atoms with van der Waals surface area (Å²) in [4.78, 5) is 15.0. The zero-order chi connectivity index (χ0) is 23.0. The van der Waals surface area contributed by atoms with Crippen molar-refractivity contribution >= 4 is 15.8 Å². The fourth-order valence-corrected chi connectivity index (χ4v) is 6.03. The highest BCUT2D eigenvalue weighted by Gasteiger charge is 2.29. The number of Topliss-reactive ketones (excluding diaryl/α,β-unsaturated/α-hetero) is 1. The SMILES string of the molecule is Cc1ccc(CS(=O)(=O)N2CCN(CC(=O)c3cc(C)n(C(C)(C)C)c3C)CC2)cc1. The van der Waals surface area contributed by atoms with E-state index in [0.717, 1.165) is 28.1 Å². The number of aryl methyl sites for hydroxylation is 2. The van der Waals surface area contributed by atoms with Gasteiger partial charge in [-0.1, -0.05) is 29.8 Å². The van der Waals surface area contributed by atoms with Crippen molar-refractivity contribution in [3.63, 3.8) is 0 Å². The Morgan fingerprint density at radius 3 is 2.06 bits per heavy atom. The second-order valence-corrected chi connectivity index (χ2v) is 11.6. The van der Waals surface area contributed by atoms with E-state index in [1.165, 1.54) is 0 Å². The monoisotopic (exact) mass is 445 g/mol. The fourth-order valence-electron chi connectivity index (χ4n) is 4.52. The Morgan fingerprint density at radius 2 is 1.55 bits per heavy atom. The smallest absolute Gasteiger partial charge is 0.218 e. The van der Waals surface area contributed by atoms with Crippen LogP contribution in [0.4, 0.5) is 0 Å². The minimum Gasteiger partial charge on any atom is -0.343 e. The average molecular weight is 446 g/mol. The molecule has 0 radical (unpaired) electrons. The second-order valence-electron chi connectivity index (χ2n) is 9.63. The Morgan fingerprint density at radius 1 is 0.968 bits per heavy atom. The topological polar surface area (TPSA) is 62.6 Å². The van der Waals surface area contributed by atoms with Crippen molar-refractivity contribution in [1.82, 2.24) is 13.8 Å². The number of rotatable bonds is 6. The van der Waals surface area contributed by atoms with Gasteiger partial charge in [-0.3, -0.25) is 9.69 Å². The minimum atomic E-state index is -3.36. The van der Waals surface area contributed by atoms with Crippen LogP contribution in [0.5, 0.6) is 0 Å². The van der Waals surface area contributed by atoms with Crippen LogP contribution >= 0.6 is 0 Å². The molecular weight excluding hydrogens is 410 g/mol. The van der Waals surface area contributed by atoms with Gasteiger partial charge in [-0.15, -0.1) is 0 Å². The molecule has 0 amide bonds. The molecule has 0 unspecified atom stereocenters. The van der Waals surface area contributed by atoms with E-state index in [-0.39, 0.29) is 17.1 Å². The van der Waals surface area contributed by atoms with Crippen molar-refractivity contribution < 1.29 is 13.2 Å². The van der Waals surface area contributed by atoms with E-state index in [9.17, 15) is 13.2 Å². The third kappa shape index (κ3) is 5.45. The summed E-state index contributed by atoms with van der Waals surface area (Å²) in [5.41, 5.74) is 4.68. The molecule has 1 fully saturated rings. The number of nitrogens with zero attached hydrogens (tertiary/aromatic N) is 3. The normalized spacial score (nSPS) is 16.6. The van der Waals surface area contributed by atoms with Gasteiger partial charge in [0.15, 0.2) is 5.78 Å². The maximum absolute atomic E-state index is 13.0. The lowest BCUT2D eigenvalue weighted by molar-refractivity contribution is 0.0901. The molecule has 31 heavy (non-hydrogen) atoms. The van der Waals surface area contributed by atoms with E-state index in [2.05, 4.69) is 30.2 Å². The first kappa shape index (κ1) is 23.7. The molecule has 0 aliphatic carbocycles. The lowest BCUT2D eigenvalue weighted by Gasteiger charge is -2.33. The molecule has 0 atom stereocenters. The number of benzene rings is 1. The molecular formula is C24H35N3O3S. The first-order valence-corrected chi connectivity index (χ1v) is 12.5.